The van der Waals surface area contributed by atoms with Gasteiger partial charge in [-0.1, -0.05) is 32.0 Å². The highest BCUT2D eigenvalue weighted by atomic mass is 32.2. The molecule has 0 atom stereocenters. The summed E-state index contributed by atoms with van der Waals surface area (Å²) in [5, 5.41) is 0.689. The molecule has 0 unspecified atom stereocenters. The summed E-state index contributed by atoms with van der Waals surface area (Å²) in [6.07, 6.45) is 3.67. The van der Waals surface area contributed by atoms with E-state index in [2.05, 4.69) is 4.98 Å². The van der Waals surface area contributed by atoms with Crippen molar-refractivity contribution in [1.82, 2.24) is 8.96 Å². The smallest absolute Gasteiger partial charge is 0.270 e. The lowest BCUT2D eigenvalue weighted by molar-refractivity contribution is 0.112. The number of benzene rings is 2. The van der Waals surface area contributed by atoms with Crippen molar-refractivity contribution in [1.29, 1.82) is 0 Å². The molecule has 0 aliphatic heterocycles. The third-order valence-electron chi connectivity index (χ3n) is 5.03. The van der Waals surface area contributed by atoms with Crippen LogP contribution in [-0.4, -0.2) is 23.7 Å². The van der Waals surface area contributed by atoms with Gasteiger partial charge < -0.3 is 0 Å². The molecule has 0 saturated heterocycles. The minimum Gasteiger partial charge on any atom is -0.298 e. The molecular formula is C23H19FN2O3S. The minimum absolute atomic E-state index is 0.0340. The molecule has 0 bridgehead atoms. The van der Waals surface area contributed by atoms with E-state index >= 15 is 0 Å². The van der Waals surface area contributed by atoms with Crippen molar-refractivity contribution < 1.29 is 17.6 Å². The normalized spacial score (nSPS) is 11.9. The lowest BCUT2D eigenvalue weighted by atomic mass is 9.99. The average Bonchev–Trinajstić information content (AvgIpc) is 3.14. The van der Waals surface area contributed by atoms with Crippen molar-refractivity contribution in [3.63, 3.8) is 0 Å². The van der Waals surface area contributed by atoms with Gasteiger partial charge in [0.1, 0.15) is 10.7 Å². The molecule has 2 aromatic carbocycles. The van der Waals surface area contributed by atoms with E-state index in [1.54, 1.807) is 24.3 Å². The Labute approximate surface area is 173 Å². The number of carbonyl (C=O) groups excluding carboxylic acids is 1. The van der Waals surface area contributed by atoms with Gasteiger partial charge >= 0.3 is 0 Å². The molecule has 0 amide bonds. The summed E-state index contributed by atoms with van der Waals surface area (Å²) in [6, 6.07) is 13.9. The first kappa shape index (κ1) is 20.0. The zero-order chi connectivity index (χ0) is 21.5. The Morgan fingerprint density at radius 3 is 2.40 bits per heavy atom. The highest BCUT2D eigenvalue weighted by Gasteiger charge is 2.28. The molecule has 0 N–H and O–H groups in total. The molecule has 0 saturated carbocycles. The van der Waals surface area contributed by atoms with Crippen molar-refractivity contribution in [3.8, 4) is 11.3 Å². The molecule has 30 heavy (non-hydrogen) atoms. The summed E-state index contributed by atoms with van der Waals surface area (Å²) >= 11 is 0. The van der Waals surface area contributed by atoms with Crippen molar-refractivity contribution in [2.45, 2.75) is 24.7 Å². The molecule has 0 aliphatic rings. The molecule has 2 aromatic heterocycles. The summed E-state index contributed by atoms with van der Waals surface area (Å²) in [5.74, 6) is -0.541. The van der Waals surface area contributed by atoms with Crippen LogP contribution in [0, 0.1) is 5.82 Å². The van der Waals surface area contributed by atoms with E-state index in [9.17, 15) is 17.6 Å². The first-order chi connectivity index (χ1) is 14.3. The number of halogens is 1. The summed E-state index contributed by atoms with van der Waals surface area (Å²) < 4.78 is 42.1. The molecule has 4 rings (SSSR count). The number of carbonyl (C=O) groups is 1. The average molecular weight is 422 g/mol. The van der Waals surface area contributed by atoms with Crippen LogP contribution in [0.25, 0.3) is 22.2 Å². The van der Waals surface area contributed by atoms with Gasteiger partial charge in [0.25, 0.3) is 10.0 Å². The monoisotopic (exact) mass is 422 g/mol. The number of rotatable bonds is 5. The predicted molar refractivity (Wildman–Crippen MR) is 114 cm³/mol. The molecule has 0 radical (unpaired) electrons. The molecule has 5 nitrogen and oxygen atoms in total. The van der Waals surface area contributed by atoms with E-state index in [1.165, 1.54) is 42.7 Å². The Morgan fingerprint density at radius 1 is 1.03 bits per heavy atom. The van der Waals surface area contributed by atoms with E-state index in [1.807, 2.05) is 13.8 Å². The summed E-state index contributed by atoms with van der Waals surface area (Å²) in [7, 11) is -4.10. The number of pyridine rings is 1. The molecule has 4 aromatic rings. The number of nitrogens with zero attached hydrogens (tertiary/aromatic N) is 2. The van der Waals surface area contributed by atoms with Crippen molar-refractivity contribution in [2.75, 3.05) is 0 Å². The van der Waals surface area contributed by atoms with Gasteiger partial charge in [-0.15, -0.1) is 0 Å². The predicted octanol–water partition coefficient (Wildman–Crippen LogP) is 5.02. The van der Waals surface area contributed by atoms with Crippen LogP contribution in [0.4, 0.5) is 4.39 Å². The van der Waals surface area contributed by atoms with E-state index in [0.717, 1.165) is 3.97 Å². The Balaban J connectivity index is 2.07. The third-order valence-corrected chi connectivity index (χ3v) is 6.72. The van der Waals surface area contributed by atoms with Gasteiger partial charge in [-0.25, -0.2) is 16.8 Å². The van der Waals surface area contributed by atoms with Crippen LogP contribution in [0.1, 0.15) is 35.7 Å². The fourth-order valence-corrected chi connectivity index (χ4v) is 5.14. The van der Waals surface area contributed by atoms with E-state index in [0.29, 0.717) is 28.3 Å². The Hall–Kier alpha value is -3.32. The third kappa shape index (κ3) is 3.21. The zero-order valence-electron chi connectivity index (χ0n) is 16.4. The number of hydrogen-bond acceptors (Lipinski definition) is 4. The number of para-hydroxylation sites is 1. The number of fused-ring (bicyclic) bond motifs is 1. The number of hydrogen-bond donors (Lipinski definition) is 0. The maximum atomic E-state index is 13.7. The van der Waals surface area contributed by atoms with Gasteiger partial charge in [0.2, 0.25) is 0 Å². The van der Waals surface area contributed by atoms with Gasteiger partial charge in [-0.3, -0.25) is 9.78 Å². The summed E-state index contributed by atoms with van der Waals surface area (Å²) in [5.41, 5.74) is 1.86. The highest BCUT2D eigenvalue weighted by molar-refractivity contribution is 7.90. The van der Waals surface area contributed by atoms with Crippen LogP contribution in [0.2, 0.25) is 0 Å². The van der Waals surface area contributed by atoms with Crippen LogP contribution in [0.15, 0.2) is 71.9 Å². The van der Waals surface area contributed by atoms with Gasteiger partial charge in [0.05, 0.1) is 11.2 Å². The molecule has 2 heterocycles. The second-order valence-electron chi connectivity index (χ2n) is 7.26. The lowest BCUT2D eigenvalue weighted by Gasteiger charge is -2.13. The van der Waals surface area contributed by atoms with E-state index in [-0.39, 0.29) is 22.1 Å². The quantitative estimate of drug-likeness (QED) is 0.424. The van der Waals surface area contributed by atoms with Crippen molar-refractivity contribution >= 4 is 27.2 Å². The van der Waals surface area contributed by atoms with Gasteiger partial charge in [-0.05, 0) is 47.9 Å². The maximum Gasteiger partial charge on any atom is 0.270 e. The van der Waals surface area contributed by atoms with Gasteiger partial charge in [0, 0.05) is 28.9 Å². The topological polar surface area (TPSA) is 69.0 Å². The zero-order valence-corrected chi connectivity index (χ0v) is 17.2. The molecule has 7 heteroatoms. The Morgan fingerprint density at radius 2 is 1.73 bits per heavy atom. The summed E-state index contributed by atoms with van der Waals surface area (Å²) in [4.78, 5) is 16.3. The first-order valence-corrected chi connectivity index (χ1v) is 10.8. The fraction of sp³-hybridized carbons (Fsp3) is 0.130. The number of aldehydes is 1. The summed E-state index contributed by atoms with van der Waals surface area (Å²) in [6.45, 7) is 3.76. The molecule has 0 fully saturated rings. The van der Waals surface area contributed by atoms with Gasteiger partial charge in [0.15, 0.2) is 6.29 Å². The Bertz CT molecular complexity index is 1350. The standard InChI is InChI=1S/C23H19FN2O3S/c1-15(2)19-13-26(23(20(19)14-27)17-8-10-18(24)11-9-17)30(28,29)21-7-3-5-16-6-4-12-25-22(16)21/h3-15H,1-2H3. The van der Waals surface area contributed by atoms with E-state index < -0.39 is 15.8 Å². The molecule has 0 spiro atoms. The van der Waals surface area contributed by atoms with E-state index in [4.69, 9.17) is 0 Å². The van der Waals surface area contributed by atoms with Crippen LogP contribution in [0.3, 0.4) is 0 Å². The molecule has 152 valence electrons. The van der Waals surface area contributed by atoms with Crippen molar-refractivity contribution in [2.24, 2.45) is 0 Å². The second-order valence-corrected chi connectivity index (χ2v) is 9.04. The number of aromatic nitrogens is 2. The fourth-order valence-electron chi connectivity index (χ4n) is 3.57. The molecule has 0 aliphatic carbocycles. The Kier molecular flexibility index (Phi) is 4.99. The maximum absolute atomic E-state index is 13.7. The molecular weight excluding hydrogens is 403 g/mol. The SMILES string of the molecule is CC(C)c1cn(S(=O)(=O)c2cccc3cccnc23)c(-c2ccc(F)cc2)c1C=O. The van der Waals surface area contributed by atoms with Gasteiger partial charge in [-0.2, -0.15) is 0 Å². The van der Waals surface area contributed by atoms with Crippen LogP contribution in [0.5, 0.6) is 0 Å². The minimum atomic E-state index is -4.10. The first-order valence-electron chi connectivity index (χ1n) is 9.40. The van der Waals surface area contributed by atoms with Crippen LogP contribution < -0.4 is 0 Å². The van der Waals surface area contributed by atoms with Crippen LogP contribution >= 0.6 is 0 Å². The van der Waals surface area contributed by atoms with Crippen molar-refractivity contribution in [3.05, 3.63) is 83.9 Å². The highest BCUT2D eigenvalue weighted by Crippen LogP contribution is 2.35. The second kappa shape index (κ2) is 7.50. The lowest BCUT2D eigenvalue weighted by Crippen LogP contribution is -2.14. The largest absolute Gasteiger partial charge is 0.298 e. The van der Waals surface area contributed by atoms with Crippen LogP contribution in [-0.2, 0) is 10.0 Å².